The first-order valence-electron chi connectivity index (χ1n) is 10.4. The van der Waals surface area contributed by atoms with Gasteiger partial charge in [0.1, 0.15) is 12.2 Å². The summed E-state index contributed by atoms with van der Waals surface area (Å²) in [6, 6.07) is 21.4. The molecule has 154 valence electrons. The van der Waals surface area contributed by atoms with Gasteiger partial charge in [0.05, 0.1) is 18.7 Å². The van der Waals surface area contributed by atoms with Crippen LogP contribution in [0.15, 0.2) is 65.7 Å². The first-order valence-corrected chi connectivity index (χ1v) is 10.4. The molecule has 2 aliphatic heterocycles. The van der Waals surface area contributed by atoms with E-state index in [1.807, 2.05) is 32.9 Å². The maximum absolute atomic E-state index is 6.40. The molecule has 0 spiro atoms. The van der Waals surface area contributed by atoms with Crippen molar-refractivity contribution in [1.29, 1.82) is 0 Å². The highest BCUT2D eigenvalue weighted by molar-refractivity contribution is 5.74. The highest BCUT2D eigenvalue weighted by Crippen LogP contribution is 2.35. The first-order chi connectivity index (χ1) is 14.0. The van der Waals surface area contributed by atoms with Gasteiger partial charge in [0.2, 0.25) is 0 Å². The Balaban J connectivity index is 1.65. The Bertz CT molecular complexity index is 823. The van der Waals surface area contributed by atoms with Crippen molar-refractivity contribution in [3.8, 4) is 0 Å². The van der Waals surface area contributed by atoms with Crippen LogP contribution in [0.1, 0.15) is 31.9 Å². The van der Waals surface area contributed by atoms with Gasteiger partial charge in [-0.1, -0.05) is 60.7 Å². The Morgan fingerprint density at radius 3 is 2.10 bits per heavy atom. The van der Waals surface area contributed by atoms with Crippen LogP contribution in [0.4, 0.5) is 0 Å². The molecule has 0 amide bonds. The second kappa shape index (κ2) is 8.56. The average Bonchev–Trinajstić information content (AvgIpc) is 2.98. The zero-order valence-electron chi connectivity index (χ0n) is 17.4. The number of nitrogens with zero attached hydrogens (tertiary/aromatic N) is 1. The largest absolute Gasteiger partial charge is 0.466 e. The SMILES string of the molecule is CCOC1=N[C@H](Cc2ccccc2)[C@@H]2OC(C)(C)O[C@H]2[C@@H](Cc2ccccc2)N1. The van der Waals surface area contributed by atoms with Crippen molar-refractivity contribution in [2.45, 2.75) is 63.7 Å². The van der Waals surface area contributed by atoms with E-state index in [1.165, 1.54) is 11.1 Å². The fourth-order valence-electron chi connectivity index (χ4n) is 4.20. The highest BCUT2D eigenvalue weighted by Gasteiger charge is 2.50. The summed E-state index contributed by atoms with van der Waals surface area (Å²) < 4.78 is 18.6. The van der Waals surface area contributed by atoms with Crippen LogP contribution in [-0.4, -0.2) is 42.7 Å². The van der Waals surface area contributed by atoms with Crippen molar-refractivity contribution in [3.05, 3.63) is 71.8 Å². The van der Waals surface area contributed by atoms with Gasteiger partial charge >= 0.3 is 0 Å². The van der Waals surface area contributed by atoms with E-state index in [1.54, 1.807) is 0 Å². The van der Waals surface area contributed by atoms with Gasteiger partial charge in [0.25, 0.3) is 6.02 Å². The van der Waals surface area contributed by atoms with E-state index >= 15 is 0 Å². The molecule has 4 atom stereocenters. The van der Waals surface area contributed by atoms with Gasteiger partial charge in [-0.2, -0.15) is 0 Å². The van der Waals surface area contributed by atoms with Crippen molar-refractivity contribution < 1.29 is 14.2 Å². The highest BCUT2D eigenvalue weighted by atomic mass is 16.8. The van der Waals surface area contributed by atoms with Crippen molar-refractivity contribution in [2.24, 2.45) is 4.99 Å². The number of fused-ring (bicyclic) bond motifs is 1. The van der Waals surface area contributed by atoms with E-state index in [2.05, 4.69) is 53.8 Å². The normalized spacial score (nSPS) is 28.0. The fraction of sp³-hybridized carbons (Fsp3) is 0.458. The van der Waals surface area contributed by atoms with E-state index in [4.69, 9.17) is 19.2 Å². The third-order valence-corrected chi connectivity index (χ3v) is 5.40. The van der Waals surface area contributed by atoms with Crippen LogP contribution in [0.25, 0.3) is 0 Å². The number of ether oxygens (including phenoxy) is 3. The third kappa shape index (κ3) is 4.80. The molecule has 0 bridgehead atoms. The molecule has 0 saturated carbocycles. The van der Waals surface area contributed by atoms with Crippen LogP contribution in [-0.2, 0) is 27.1 Å². The standard InChI is InChI=1S/C24H30N2O3/c1-4-27-23-25-19(15-17-11-7-5-8-12-17)21-22(29-24(2,3)28-21)20(26-23)16-18-13-9-6-10-14-18/h5-14,19-22H,4,15-16H2,1-3H3,(H,25,26)/t19-,20-,21+,22+/m1/s1. The zero-order chi connectivity index (χ0) is 20.3. The van der Waals surface area contributed by atoms with Crippen LogP contribution in [0.2, 0.25) is 0 Å². The Morgan fingerprint density at radius 2 is 1.48 bits per heavy atom. The molecule has 2 aromatic rings. The number of aliphatic imine (C=N–C) groups is 1. The van der Waals surface area contributed by atoms with E-state index in [0.717, 1.165) is 12.8 Å². The lowest BCUT2D eigenvalue weighted by atomic mass is 9.92. The van der Waals surface area contributed by atoms with E-state index in [-0.39, 0.29) is 24.3 Å². The molecule has 5 heteroatoms. The summed E-state index contributed by atoms with van der Waals surface area (Å²) in [5.41, 5.74) is 2.47. The molecular weight excluding hydrogens is 364 g/mol. The second-order valence-corrected chi connectivity index (χ2v) is 8.13. The monoisotopic (exact) mass is 394 g/mol. The molecule has 2 heterocycles. The van der Waals surface area contributed by atoms with Gasteiger partial charge in [-0.05, 0) is 44.7 Å². The summed E-state index contributed by atoms with van der Waals surface area (Å²) in [4.78, 5) is 4.94. The quantitative estimate of drug-likeness (QED) is 0.840. The topological polar surface area (TPSA) is 52.1 Å². The minimum absolute atomic E-state index is 0.00949. The number of amidine groups is 1. The second-order valence-electron chi connectivity index (χ2n) is 8.13. The Kier molecular flexibility index (Phi) is 5.88. The van der Waals surface area contributed by atoms with Crippen molar-refractivity contribution in [1.82, 2.24) is 5.32 Å². The van der Waals surface area contributed by atoms with Crippen molar-refractivity contribution in [2.75, 3.05) is 6.61 Å². The summed E-state index contributed by atoms with van der Waals surface area (Å²) in [5, 5.41) is 3.51. The summed E-state index contributed by atoms with van der Waals surface area (Å²) in [6.07, 6.45) is 1.31. The van der Waals surface area contributed by atoms with Gasteiger partial charge in [0, 0.05) is 0 Å². The van der Waals surface area contributed by atoms with Crippen LogP contribution in [0.3, 0.4) is 0 Å². The lowest BCUT2D eigenvalue weighted by Gasteiger charge is -2.27. The first kappa shape index (κ1) is 19.9. The molecule has 29 heavy (non-hydrogen) atoms. The number of benzene rings is 2. The fourth-order valence-corrected chi connectivity index (χ4v) is 4.20. The molecule has 2 aliphatic rings. The Labute approximate surface area is 173 Å². The molecular formula is C24H30N2O3. The summed E-state index contributed by atoms with van der Waals surface area (Å²) in [6.45, 7) is 6.50. The molecule has 1 saturated heterocycles. The smallest absolute Gasteiger partial charge is 0.285 e. The molecule has 4 rings (SSSR count). The lowest BCUT2D eigenvalue weighted by Crippen LogP contribution is -2.49. The lowest BCUT2D eigenvalue weighted by molar-refractivity contribution is -0.150. The van der Waals surface area contributed by atoms with Crippen molar-refractivity contribution in [3.63, 3.8) is 0 Å². The van der Waals surface area contributed by atoms with E-state index in [0.29, 0.717) is 12.6 Å². The van der Waals surface area contributed by atoms with Gasteiger partial charge in [-0.3, -0.25) is 0 Å². The van der Waals surface area contributed by atoms with Crippen LogP contribution in [0.5, 0.6) is 0 Å². The van der Waals surface area contributed by atoms with E-state index in [9.17, 15) is 0 Å². The average molecular weight is 395 g/mol. The minimum atomic E-state index is -0.639. The van der Waals surface area contributed by atoms with Gasteiger partial charge in [-0.25, -0.2) is 4.99 Å². The molecule has 0 aromatic heterocycles. The number of hydrogen-bond acceptors (Lipinski definition) is 5. The van der Waals surface area contributed by atoms with Gasteiger partial charge in [-0.15, -0.1) is 0 Å². The summed E-state index contributed by atoms with van der Waals surface area (Å²) in [5.74, 6) is -0.639. The summed E-state index contributed by atoms with van der Waals surface area (Å²) in [7, 11) is 0. The molecule has 2 aromatic carbocycles. The Hall–Kier alpha value is -2.37. The predicted octanol–water partition coefficient (Wildman–Crippen LogP) is 3.72. The predicted molar refractivity (Wildman–Crippen MR) is 114 cm³/mol. The molecule has 1 fully saturated rings. The van der Waals surface area contributed by atoms with Crippen LogP contribution < -0.4 is 5.32 Å². The zero-order valence-corrected chi connectivity index (χ0v) is 17.4. The van der Waals surface area contributed by atoms with Crippen molar-refractivity contribution >= 4 is 6.02 Å². The van der Waals surface area contributed by atoms with Gasteiger partial charge in [0.15, 0.2) is 5.79 Å². The van der Waals surface area contributed by atoms with Gasteiger partial charge < -0.3 is 19.5 Å². The summed E-state index contributed by atoms with van der Waals surface area (Å²) >= 11 is 0. The minimum Gasteiger partial charge on any atom is -0.466 e. The molecule has 5 nitrogen and oxygen atoms in total. The maximum atomic E-state index is 6.40. The number of rotatable bonds is 5. The third-order valence-electron chi connectivity index (χ3n) is 5.40. The number of hydrogen-bond donors (Lipinski definition) is 1. The molecule has 1 N–H and O–H groups in total. The van der Waals surface area contributed by atoms with Crippen LogP contribution >= 0.6 is 0 Å². The van der Waals surface area contributed by atoms with E-state index < -0.39 is 5.79 Å². The molecule has 0 aliphatic carbocycles. The molecule has 0 unspecified atom stereocenters. The van der Waals surface area contributed by atoms with Crippen LogP contribution in [0, 0.1) is 0 Å². The molecule has 0 radical (unpaired) electrons. The Morgan fingerprint density at radius 1 is 0.897 bits per heavy atom. The maximum Gasteiger partial charge on any atom is 0.285 e. The number of nitrogens with one attached hydrogen (secondary N) is 1.